The molecule has 0 aliphatic heterocycles. The van der Waals surface area contributed by atoms with E-state index in [9.17, 15) is 9.90 Å². The molecule has 1 N–H and O–H groups in total. The fourth-order valence-corrected chi connectivity index (χ4v) is 4.87. The van der Waals surface area contributed by atoms with Gasteiger partial charge in [0.2, 0.25) is 0 Å². The summed E-state index contributed by atoms with van der Waals surface area (Å²) in [6.07, 6.45) is 6.61. The Labute approximate surface area is 210 Å². The van der Waals surface area contributed by atoms with Gasteiger partial charge in [-0.15, -0.1) is 0 Å². The minimum Gasteiger partial charge on any atom is -0.478 e. The van der Waals surface area contributed by atoms with Crippen molar-refractivity contribution in [1.29, 1.82) is 0 Å². The lowest BCUT2D eigenvalue weighted by atomic mass is 9.98. The molecular formula is C30H30N4O2. The molecule has 6 heteroatoms. The van der Waals surface area contributed by atoms with Gasteiger partial charge < -0.3 is 14.2 Å². The summed E-state index contributed by atoms with van der Waals surface area (Å²) in [5, 5.41) is 9.57. The first-order valence-electron chi connectivity index (χ1n) is 12.4. The van der Waals surface area contributed by atoms with Gasteiger partial charge in [0.15, 0.2) is 0 Å². The Morgan fingerprint density at radius 2 is 1.78 bits per heavy atom. The third kappa shape index (κ3) is 4.31. The summed E-state index contributed by atoms with van der Waals surface area (Å²) >= 11 is 0. The van der Waals surface area contributed by atoms with Crippen LogP contribution in [0.15, 0.2) is 73.1 Å². The molecule has 0 saturated heterocycles. The Morgan fingerprint density at radius 3 is 2.44 bits per heavy atom. The number of carboxylic acids is 1. The molecule has 0 bridgehead atoms. The molecule has 2 aromatic heterocycles. The van der Waals surface area contributed by atoms with E-state index in [4.69, 9.17) is 4.98 Å². The highest BCUT2D eigenvalue weighted by molar-refractivity contribution is 5.96. The maximum atomic E-state index is 11.7. The SMILES string of the molecule is CCCc1nc2c(CC)cc(-c3nccn3C)cc2n1Cc1ccc(-c2ccccc2C(=O)O)cc1. The highest BCUT2D eigenvalue weighted by Crippen LogP contribution is 2.30. The number of aromatic carboxylic acids is 1. The van der Waals surface area contributed by atoms with Crippen LogP contribution in [0.1, 0.15) is 47.6 Å². The predicted molar refractivity (Wildman–Crippen MR) is 143 cm³/mol. The number of nitrogens with zero attached hydrogens (tertiary/aromatic N) is 4. The molecule has 2 heterocycles. The first kappa shape index (κ1) is 23.5. The maximum Gasteiger partial charge on any atom is 0.336 e. The van der Waals surface area contributed by atoms with Crippen molar-refractivity contribution in [3.63, 3.8) is 0 Å². The summed E-state index contributed by atoms with van der Waals surface area (Å²) in [7, 11) is 2.02. The number of hydrogen-bond acceptors (Lipinski definition) is 3. The van der Waals surface area contributed by atoms with Crippen molar-refractivity contribution in [2.24, 2.45) is 7.05 Å². The second kappa shape index (κ2) is 9.82. The maximum absolute atomic E-state index is 11.7. The lowest BCUT2D eigenvalue weighted by Crippen LogP contribution is -2.05. The van der Waals surface area contributed by atoms with Crippen LogP contribution in [0.5, 0.6) is 0 Å². The van der Waals surface area contributed by atoms with Gasteiger partial charge in [0.05, 0.1) is 16.6 Å². The van der Waals surface area contributed by atoms with Crippen LogP contribution < -0.4 is 0 Å². The van der Waals surface area contributed by atoms with Crippen LogP contribution in [0.2, 0.25) is 0 Å². The van der Waals surface area contributed by atoms with E-state index in [0.29, 0.717) is 12.1 Å². The third-order valence-electron chi connectivity index (χ3n) is 6.71. The number of carbonyl (C=O) groups is 1. The zero-order valence-corrected chi connectivity index (χ0v) is 20.9. The monoisotopic (exact) mass is 478 g/mol. The average molecular weight is 479 g/mol. The molecule has 5 rings (SSSR count). The van der Waals surface area contributed by atoms with Crippen LogP contribution in [0.4, 0.5) is 0 Å². The van der Waals surface area contributed by atoms with Gasteiger partial charge in [-0.2, -0.15) is 0 Å². The van der Waals surface area contributed by atoms with Crippen LogP contribution in [0, 0.1) is 0 Å². The highest BCUT2D eigenvalue weighted by atomic mass is 16.4. The van der Waals surface area contributed by atoms with Crippen molar-refractivity contribution in [2.45, 2.75) is 39.7 Å². The summed E-state index contributed by atoms with van der Waals surface area (Å²) in [5.41, 5.74) is 7.57. The Hall–Kier alpha value is -4.19. The molecule has 0 fully saturated rings. The number of hydrogen-bond donors (Lipinski definition) is 1. The highest BCUT2D eigenvalue weighted by Gasteiger charge is 2.17. The van der Waals surface area contributed by atoms with Crippen LogP contribution in [0.25, 0.3) is 33.5 Å². The molecule has 182 valence electrons. The molecule has 0 radical (unpaired) electrons. The van der Waals surface area contributed by atoms with E-state index in [0.717, 1.165) is 64.2 Å². The molecular weight excluding hydrogens is 448 g/mol. The molecule has 6 nitrogen and oxygen atoms in total. The van der Waals surface area contributed by atoms with Crippen LogP contribution in [0.3, 0.4) is 0 Å². The number of aryl methyl sites for hydroxylation is 3. The molecule has 36 heavy (non-hydrogen) atoms. The van der Waals surface area contributed by atoms with Crippen molar-refractivity contribution in [3.8, 4) is 22.5 Å². The van der Waals surface area contributed by atoms with Gasteiger partial charge in [0.1, 0.15) is 11.6 Å². The van der Waals surface area contributed by atoms with Crippen molar-refractivity contribution in [1.82, 2.24) is 19.1 Å². The van der Waals surface area contributed by atoms with Gasteiger partial charge in [-0.1, -0.05) is 56.3 Å². The van der Waals surface area contributed by atoms with E-state index < -0.39 is 5.97 Å². The first-order chi connectivity index (χ1) is 17.5. The number of imidazole rings is 2. The number of carboxylic acid groups (broad SMARTS) is 1. The molecule has 5 aromatic rings. The minimum absolute atomic E-state index is 0.310. The Balaban J connectivity index is 1.57. The van der Waals surface area contributed by atoms with Gasteiger partial charge >= 0.3 is 5.97 Å². The second-order valence-electron chi connectivity index (χ2n) is 9.13. The summed E-state index contributed by atoms with van der Waals surface area (Å²) in [6.45, 7) is 5.04. The summed E-state index contributed by atoms with van der Waals surface area (Å²) in [6, 6.07) is 19.7. The van der Waals surface area contributed by atoms with E-state index in [1.54, 1.807) is 12.1 Å². The molecule has 0 aliphatic carbocycles. The van der Waals surface area contributed by atoms with Gasteiger partial charge in [-0.3, -0.25) is 0 Å². The minimum atomic E-state index is -0.918. The van der Waals surface area contributed by atoms with Crippen LogP contribution >= 0.6 is 0 Å². The lowest BCUT2D eigenvalue weighted by Gasteiger charge is -2.12. The predicted octanol–water partition coefficient (Wildman–Crippen LogP) is 6.37. The molecule has 0 saturated carbocycles. The van der Waals surface area contributed by atoms with E-state index in [-0.39, 0.29) is 0 Å². The third-order valence-corrected chi connectivity index (χ3v) is 6.71. The normalized spacial score (nSPS) is 11.3. The first-order valence-corrected chi connectivity index (χ1v) is 12.4. The second-order valence-corrected chi connectivity index (χ2v) is 9.13. The van der Waals surface area contributed by atoms with Gasteiger partial charge in [-0.25, -0.2) is 14.8 Å². The molecule has 0 amide bonds. The molecule has 0 spiro atoms. The van der Waals surface area contributed by atoms with Crippen molar-refractivity contribution >= 4 is 17.0 Å². The smallest absolute Gasteiger partial charge is 0.336 e. The van der Waals surface area contributed by atoms with Gasteiger partial charge in [0.25, 0.3) is 0 Å². The van der Waals surface area contributed by atoms with E-state index in [1.165, 1.54) is 5.56 Å². The number of fused-ring (bicyclic) bond motifs is 1. The summed E-state index contributed by atoms with van der Waals surface area (Å²) < 4.78 is 4.37. The van der Waals surface area contributed by atoms with Gasteiger partial charge in [-0.05, 0) is 53.3 Å². The Morgan fingerprint density at radius 1 is 1.00 bits per heavy atom. The summed E-state index contributed by atoms with van der Waals surface area (Å²) in [5.74, 6) is 1.11. The fourth-order valence-electron chi connectivity index (χ4n) is 4.87. The number of aromatic nitrogens is 4. The molecule has 0 unspecified atom stereocenters. The zero-order valence-electron chi connectivity index (χ0n) is 20.9. The van der Waals surface area contributed by atoms with Crippen molar-refractivity contribution < 1.29 is 9.90 Å². The topological polar surface area (TPSA) is 72.9 Å². The largest absolute Gasteiger partial charge is 0.478 e. The average Bonchev–Trinajstić information content (AvgIpc) is 3.47. The lowest BCUT2D eigenvalue weighted by molar-refractivity contribution is 0.0697. The van der Waals surface area contributed by atoms with Crippen LogP contribution in [-0.4, -0.2) is 30.2 Å². The van der Waals surface area contributed by atoms with Crippen LogP contribution in [-0.2, 0) is 26.4 Å². The van der Waals surface area contributed by atoms with E-state index in [2.05, 4.69) is 47.7 Å². The summed E-state index contributed by atoms with van der Waals surface area (Å²) in [4.78, 5) is 21.3. The zero-order chi connectivity index (χ0) is 25.2. The molecule has 3 aromatic carbocycles. The van der Waals surface area contributed by atoms with Gasteiger partial charge in [0, 0.05) is 38.0 Å². The fraction of sp³-hybridized carbons (Fsp3) is 0.233. The van der Waals surface area contributed by atoms with E-state index in [1.807, 2.05) is 48.3 Å². The quantitative estimate of drug-likeness (QED) is 0.281. The Kier molecular flexibility index (Phi) is 6.42. The number of rotatable bonds is 8. The standard InChI is InChI=1S/C30H30N4O2/c1-4-8-27-32-28-21(5-2)17-23(29-31-15-16-33(29)3)18-26(28)34(27)19-20-11-13-22(14-12-20)24-9-6-7-10-25(24)30(35)36/h6-7,9-18H,4-5,8,19H2,1-3H3,(H,35,36). The number of benzene rings is 3. The van der Waals surface area contributed by atoms with Crippen molar-refractivity contribution in [3.05, 3.63) is 95.6 Å². The molecule has 0 atom stereocenters. The molecule has 0 aliphatic rings. The Bertz CT molecular complexity index is 1540. The van der Waals surface area contributed by atoms with E-state index >= 15 is 0 Å². The van der Waals surface area contributed by atoms with Crippen molar-refractivity contribution in [2.75, 3.05) is 0 Å².